The summed E-state index contributed by atoms with van der Waals surface area (Å²) in [5.74, 6) is 0.00629. The van der Waals surface area contributed by atoms with E-state index in [2.05, 4.69) is 36.5 Å². The Morgan fingerprint density at radius 1 is 1.07 bits per heavy atom. The average Bonchev–Trinajstić information content (AvgIpc) is 2.74. The lowest BCUT2D eigenvalue weighted by atomic mass is 10.0. The van der Waals surface area contributed by atoms with Crippen molar-refractivity contribution in [2.24, 2.45) is 0 Å². The Bertz CT molecular complexity index is 906. The Balaban J connectivity index is 1.52. The van der Waals surface area contributed by atoms with Crippen LogP contribution in [0.3, 0.4) is 0 Å². The fourth-order valence-corrected chi connectivity index (χ4v) is 5.12. The number of carbonyl (C=O) groups is 1. The highest BCUT2D eigenvalue weighted by Gasteiger charge is 2.31. The number of amides is 1. The first-order valence-corrected chi connectivity index (χ1v) is 11.6. The summed E-state index contributed by atoms with van der Waals surface area (Å²) in [6.07, 6.45) is 0.827. The van der Waals surface area contributed by atoms with Gasteiger partial charge in [0.1, 0.15) is 0 Å². The Kier molecular flexibility index (Phi) is 7.05. The van der Waals surface area contributed by atoms with Crippen LogP contribution in [-0.4, -0.2) is 51.4 Å². The monoisotopic (exact) mass is 416 g/mol. The van der Waals surface area contributed by atoms with Crippen LogP contribution in [0, 0.1) is 6.92 Å². The van der Waals surface area contributed by atoms with Gasteiger partial charge in [-0.2, -0.15) is 4.31 Å². The summed E-state index contributed by atoms with van der Waals surface area (Å²) in [5, 5.41) is 3.13. The largest absolute Gasteiger partial charge is 0.344 e. The van der Waals surface area contributed by atoms with Crippen molar-refractivity contribution >= 4 is 15.9 Å². The molecular weight excluding hydrogens is 386 g/mol. The number of rotatable bonds is 7. The summed E-state index contributed by atoms with van der Waals surface area (Å²) in [5.41, 5.74) is 2.31. The summed E-state index contributed by atoms with van der Waals surface area (Å²) in [4.78, 5) is 14.0. The van der Waals surface area contributed by atoms with Crippen molar-refractivity contribution in [1.82, 2.24) is 9.62 Å². The molecular formula is C22H30N3O3S+. The molecule has 0 unspecified atom stereocenters. The standard InChI is InChI=1S/C22H29N3O3S/c1-3-21(19-11-9-18(2)10-12-19)23-22(26)17-24-13-15-25(16-14-24)29(27,28)20-7-5-4-6-8-20/h4-12,21H,3,13-17H2,1-2H3,(H,23,26)/p+1/t21-/m0/s1. The van der Waals surface area contributed by atoms with E-state index >= 15 is 0 Å². The van der Waals surface area contributed by atoms with Crippen molar-refractivity contribution in [3.8, 4) is 0 Å². The van der Waals surface area contributed by atoms with Gasteiger partial charge in [-0.1, -0.05) is 55.0 Å². The lowest BCUT2D eigenvalue weighted by Gasteiger charge is -2.31. The predicted octanol–water partition coefficient (Wildman–Crippen LogP) is 1.15. The van der Waals surface area contributed by atoms with Gasteiger partial charge in [0.05, 0.1) is 37.1 Å². The molecule has 0 saturated carbocycles. The second kappa shape index (κ2) is 9.52. The van der Waals surface area contributed by atoms with E-state index in [-0.39, 0.29) is 11.9 Å². The molecule has 156 valence electrons. The van der Waals surface area contributed by atoms with E-state index in [1.54, 1.807) is 30.3 Å². The molecule has 0 radical (unpaired) electrons. The maximum atomic E-state index is 12.7. The molecule has 7 heteroatoms. The third-order valence-corrected chi connectivity index (χ3v) is 7.36. The van der Waals surface area contributed by atoms with Crippen LogP contribution in [-0.2, 0) is 14.8 Å². The van der Waals surface area contributed by atoms with E-state index in [0.717, 1.165) is 16.9 Å². The van der Waals surface area contributed by atoms with Crippen LogP contribution in [0.4, 0.5) is 0 Å². The second-order valence-electron chi connectivity index (χ2n) is 7.58. The van der Waals surface area contributed by atoms with Gasteiger partial charge in [0, 0.05) is 0 Å². The van der Waals surface area contributed by atoms with Gasteiger partial charge in [-0.25, -0.2) is 8.42 Å². The number of hydrogen-bond acceptors (Lipinski definition) is 3. The first kappa shape index (κ1) is 21.5. The quantitative estimate of drug-likeness (QED) is 0.711. The van der Waals surface area contributed by atoms with Crippen molar-refractivity contribution in [3.05, 3.63) is 65.7 Å². The predicted molar refractivity (Wildman–Crippen MR) is 113 cm³/mol. The molecule has 6 nitrogen and oxygen atoms in total. The summed E-state index contributed by atoms with van der Waals surface area (Å²) in [6.45, 7) is 6.57. The molecule has 0 aromatic heterocycles. The van der Waals surface area contributed by atoms with Crippen LogP contribution >= 0.6 is 0 Å². The van der Waals surface area contributed by atoms with Gasteiger partial charge in [-0.3, -0.25) is 4.79 Å². The van der Waals surface area contributed by atoms with E-state index in [0.29, 0.717) is 37.6 Å². The molecule has 2 N–H and O–H groups in total. The normalized spacial score (nSPS) is 17.0. The van der Waals surface area contributed by atoms with Gasteiger partial charge < -0.3 is 10.2 Å². The average molecular weight is 417 g/mol. The van der Waals surface area contributed by atoms with Crippen LogP contribution < -0.4 is 10.2 Å². The minimum Gasteiger partial charge on any atom is -0.344 e. The highest BCUT2D eigenvalue weighted by Crippen LogP contribution is 2.17. The molecule has 1 fully saturated rings. The number of aryl methyl sites for hydroxylation is 1. The Labute approximate surface area is 173 Å². The number of carbonyl (C=O) groups excluding carboxylic acids is 1. The number of sulfonamides is 1. The SMILES string of the molecule is CC[C@H](NC(=O)C[NH+]1CCN(S(=O)(=O)c2ccccc2)CC1)c1ccc(C)cc1. The maximum Gasteiger partial charge on any atom is 0.275 e. The zero-order chi connectivity index (χ0) is 20.9. The fraction of sp³-hybridized carbons (Fsp3) is 0.409. The van der Waals surface area contributed by atoms with E-state index in [1.165, 1.54) is 9.87 Å². The van der Waals surface area contributed by atoms with E-state index in [1.807, 2.05) is 6.92 Å². The van der Waals surface area contributed by atoms with Crippen LogP contribution in [0.25, 0.3) is 0 Å². The molecule has 1 heterocycles. The Morgan fingerprint density at radius 3 is 2.28 bits per heavy atom. The van der Waals surface area contributed by atoms with Crippen LogP contribution in [0.15, 0.2) is 59.5 Å². The van der Waals surface area contributed by atoms with E-state index in [9.17, 15) is 13.2 Å². The second-order valence-corrected chi connectivity index (χ2v) is 9.52. The highest BCUT2D eigenvalue weighted by molar-refractivity contribution is 7.89. The summed E-state index contributed by atoms with van der Waals surface area (Å²) in [7, 11) is -3.46. The Hall–Kier alpha value is -2.22. The number of nitrogens with zero attached hydrogens (tertiary/aromatic N) is 1. The molecule has 1 aliphatic heterocycles. The zero-order valence-electron chi connectivity index (χ0n) is 17.1. The number of benzene rings is 2. The lowest BCUT2D eigenvalue weighted by Crippen LogP contribution is -3.15. The molecule has 3 rings (SSSR count). The smallest absolute Gasteiger partial charge is 0.275 e. The van der Waals surface area contributed by atoms with Crippen molar-refractivity contribution < 1.29 is 18.1 Å². The first-order valence-electron chi connectivity index (χ1n) is 10.1. The van der Waals surface area contributed by atoms with Gasteiger partial charge in [-0.15, -0.1) is 0 Å². The van der Waals surface area contributed by atoms with E-state index in [4.69, 9.17) is 0 Å². The maximum absolute atomic E-state index is 12.7. The van der Waals surface area contributed by atoms with Crippen molar-refractivity contribution in [1.29, 1.82) is 0 Å². The van der Waals surface area contributed by atoms with Gasteiger partial charge in [0.25, 0.3) is 5.91 Å². The number of hydrogen-bond donors (Lipinski definition) is 2. The summed E-state index contributed by atoms with van der Waals surface area (Å²) >= 11 is 0. The zero-order valence-corrected chi connectivity index (χ0v) is 17.9. The summed E-state index contributed by atoms with van der Waals surface area (Å²) in [6, 6.07) is 16.8. The van der Waals surface area contributed by atoms with Crippen LogP contribution in [0.5, 0.6) is 0 Å². The molecule has 1 amide bonds. The van der Waals surface area contributed by atoms with Gasteiger partial charge >= 0.3 is 0 Å². The molecule has 2 aromatic rings. The molecule has 29 heavy (non-hydrogen) atoms. The molecule has 0 bridgehead atoms. The third-order valence-electron chi connectivity index (χ3n) is 5.44. The van der Waals surface area contributed by atoms with E-state index < -0.39 is 10.0 Å². The van der Waals surface area contributed by atoms with Gasteiger partial charge in [0.2, 0.25) is 10.0 Å². The number of piperazine rings is 1. The number of quaternary nitrogens is 1. The molecule has 0 spiro atoms. The van der Waals surface area contributed by atoms with Gasteiger partial charge in [-0.05, 0) is 31.0 Å². The van der Waals surface area contributed by atoms with Gasteiger partial charge in [0.15, 0.2) is 6.54 Å². The molecule has 1 atom stereocenters. The minimum absolute atomic E-state index is 0.00208. The van der Waals surface area contributed by atoms with Crippen molar-refractivity contribution in [3.63, 3.8) is 0 Å². The highest BCUT2D eigenvalue weighted by atomic mass is 32.2. The van der Waals surface area contributed by atoms with Crippen LogP contribution in [0.1, 0.15) is 30.5 Å². The van der Waals surface area contributed by atoms with Crippen molar-refractivity contribution in [2.75, 3.05) is 32.7 Å². The third kappa shape index (κ3) is 5.44. The fourth-order valence-electron chi connectivity index (χ4n) is 3.65. The van der Waals surface area contributed by atoms with Crippen LogP contribution in [0.2, 0.25) is 0 Å². The minimum atomic E-state index is -3.46. The topological polar surface area (TPSA) is 70.9 Å². The van der Waals surface area contributed by atoms with Crippen molar-refractivity contribution in [2.45, 2.75) is 31.2 Å². The summed E-state index contributed by atoms with van der Waals surface area (Å²) < 4.78 is 27.0. The molecule has 1 aliphatic rings. The molecule has 0 aliphatic carbocycles. The Morgan fingerprint density at radius 2 is 1.69 bits per heavy atom. The lowest BCUT2D eigenvalue weighted by molar-refractivity contribution is -0.895. The molecule has 2 aromatic carbocycles. The number of nitrogens with one attached hydrogen (secondary N) is 2. The molecule has 1 saturated heterocycles. The first-order chi connectivity index (χ1) is 13.9.